The molecule has 0 spiro atoms. The smallest absolute Gasteiger partial charge is 0.128 e. The van der Waals surface area contributed by atoms with Gasteiger partial charge in [-0.05, 0) is 30.3 Å². The monoisotopic (exact) mass is 318 g/mol. The fourth-order valence-corrected chi connectivity index (χ4v) is 2.83. The zero-order chi connectivity index (χ0) is 14.7. The van der Waals surface area contributed by atoms with Crippen molar-refractivity contribution in [1.82, 2.24) is 4.98 Å². The number of thiazole rings is 1. The molecule has 0 aliphatic carbocycles. The van der Waals surface area contributed by atoms with Gasteiger partial charge in [0.25, 0.3) is 0 Å². The van der Waals surface area contributed by atoms with Gasteiger partial charge in [-0.1, -0.05) is 23.7 Å². The van der Waals surface area contributed by atoms with Crippen LogP contribution in [0.3, 0.4) is 0 Å². The van der Waals surface area contributed by atoms with E-state index in [1.807, 2.05) is 29.6 Å². The normalized spacial score (nSPS) is 10.6. The molecule has 3 aromatic rings. The maximum absolute atomic E-state index is 13.7. The van der Waals surface area contributed by atoms with Crippen LogP contribution in [0.25, 0.3) is 10.6 Å². The number of nitrogens with one attached hydrogen (secondary N) is 1. The average Bonchev–Trinajstić information content (AvgIpc) is 3.03. The molecule has 2 nitrogen and oxygen atoms in total. The molecule has 0 bridgehead atoms. The van der Waals surface area contributed by atoms with Gasteiger partial charge < -0.3 is 5.32 Å². The number of halogens is 2. The minimum Gasteiger partial charge on any atom is -0.381 e. The van der Waals surface area contributed by atoms with E-state index in [9.17, 15) is 4.39 Å². The summed E-state index contributed by atoms with van der Waals surface area (Å²) in [4.78, 5) is 4.28. The van der Waals surface area contributed by atoms with Crippen molar-refractivity contribution in [3.8, 4) is 10.6 Å². The van der Waals surface area contributed by atoms with Crippen molar-refractivity contribution in [2.75, 3.05) is 5.32 Å². The third kappa shape index (κ3) is 3.40. The summed E-state index contributed by atoms with van der Waals surface area (Å²) < 4.78 is 13.7. The summed E-state index contributed by atoms with van der Waals surface area (Å²) in [7, 11) is 0. The molecule has 0 fully saturated rings. The first-order chi connectivity index (χ1) is 10.2. The molecule has 21 heavy (non-hydrogen) atoms. The zero-order valence-corrected chi connectivity index (χ0v) is 12.6. The van der Waals surface area contributed by atoms with Gasteiger partial charge >= 0.3 is 0 Å². The molecule has 106 valence electrons. The minimum atomic E-state index is -0.261. The lowest BCUT2D eigenvalue weighted by Gasteiger charge is -2.09. The summed E-state index contributed by atoms with van der Waals surface area (Å²) in [5.74, 6) is -0.261. The molecular weight excluding hydrogens is 307 g/mol. The molecule has 1 aromatic heterocycles. The highest BCUT2D eigenvalue weighted by molar-refractivity contribution is 7.13. The highest BCUT2D eigenvalue weighted by atomic mass is 35.5. The summed E-state index contributed by atoms with van der Waals surface area (Å²) in [6, 6.07) is 12.5. The van der Waals surface area contributed by atoms with Gasteiger partial charge in [-0.15, -0.1) is 11.3 Å². The van der Waals surface area contributed by atoms with Crippen LogP contribution in [-0.4, -0.2) is 4.98 Å². The van der Waals surface area contributed by atoms with Crippen LogP contribution in [0.1, 0.15) is 5.56 Å². The van der Waals surface area contributed by atoms with Crippen molar-refractivity contribution in [2.45, 2.75) is 6.54 Å². The molecule has 0 unspecified atom stereocenters. The summed E-state index contributed by atoms with van der Waals surface area (Å²) >= 11 is 7.48. The number of benzene rings is 2. The molecule has 0 radical (unpaired) electrons. The Morgan fingerprint density at radius 1 is 1.19 bits per heavy atom. The third-order valence-corrected chi connectivity index (χ3v) is 4.09. The number of hydrogen-bond donors (Lipinski definition) is 1. The van der Waals surface area contributed by atoms with Crippen molar-refractivity contribution >= 4 is 28.6 Å². The number of hydrogen-bond acceptors (Lipinski definition) is 3. The van der Waals surface area contributed by atoms with Gasteiger partial charge in [-0.2, -0.15) is 0 Å². The van der Waals surface area contributed by atoms with Crippen molar-refractivity contribution in [3.63, 3.8) is 0 Å². The van der Waals surface area contributed by atoms with Gasteiger partial charge in [-0.3, -0.25) is 0 Å². The summed E-state index contributed by atoms with van der Waals surface area (Å²) in [5, 5.41) is 6.65. The Morgan fingerprint density at radius 3 is 2.90 bits per heavy atom. The van der Waals surface area contributed by atoms with Crippen LogP contribution in [0, 0.1) is 5.82 Å². The van der Waals surface area contributed by atoms with Crippen LogP contribution in [-0.2, 0) is 6.54 Å². The molecule has 1 N–H and O–H groups in total. The largest absolute Gasteiger partial charge is 0.381 e. The maximum Gasteiger partial charge on any atom is 0.128 e. The Hall–Kier alpha value is -1.91. The number of aromatic nitrogens is 1. The van der Waals surface area contributed by atoms with Crippen LogP contribution in [0.2, 0.25) is 5.02 Å². The second-order valence-corrected chi connectivity index (χ2v) is 5.84. The molecule has 0 aliphatic rings. The van der Waals surface area contributed by atoms with Gasteiger partial charge in [0, 0.05) is 40.0 Å². The fourth-order valence-electron chi connectivity index (χ4n) is 2.00. The predicted molar refractivity (Wildman–Crippen MR) is 86.3 cm³/mol. The van der Waals surface area contributed by atoms with E-state index in [1.165, 1.54) is 6.07 Å². The number of nitrogens with zero attached hydrogens (tertiary/aromatic N) is 1. The molecule has 5 heteroatoms. The standard InChI is InChI=1S/C16H12ClFN2S/c17-13-4-5-15(18)12(8-13)10-20-14-3-1-2-11(9-14)16-19-6-7-21-16/h1-9,20H,10H2. The first kappa shape index (κ1) is 14.0. The highest BCUT2D eigenvalue weighted by Crippen LogP contribution is 2.25. The first-order valence-electron chi connectivity index (χ1n) is 6.40. The van der Waals surface area contributed by atoms with E-state index in [0.29, 0.717) is 17.1 Å². The van der Waals surface area contributed by atoms with Gasteiger partial charge in [0.15, 0.2) is 0 Å². The summed E-state index contributed by atoms with van der Waals surface area (Å²) in [6.07, 6.45) is 1.78. The molecule has 0 aliphatic heterocycles. The van der Waals surface area contributed by atoms with Crippen molar-refractivity contribution in [2.24, 2.45) is 0 Å². The Balaban J connectivity index is 1.76. The zero-order valence-electron chi connectivity index (χ0n) is 11.0. The van der Waals surface area contributed by atoms with E-state index < -0.39 is 0 Å². The quantitative estimate of drug-likeness (QED) is 0.714. The Labute approximate surface area is 131 Å². The first-order valence-corrected chi connectivity index (χ1v) is 7.66. The van der Waals surface area contributed by atoms with Gasteiger partial charge in [0.1, 0.15) is 10.8 Å². The van der Waals surface area contributed by atoms with E-state index in [2.05, 4.69) is 10.3 Å². The van der Waals surface area contributed by atoms with Crippen LogP contribution in [0.15, 0.2) is 54.0 Å². The van der Waals surface area contributed by atoms with Gasteiger partial charge in [-0.25, -0.2) is 9.37 Å². The van der Waals surface area contributed by atoms with E-state index in [4.69, 9.17) is 11.6 Å². The Kier molecular flexibility index (Phi) is 4.18. The lowest BCUT2D eigenvalue weighted by atomic mass is 10.2. The molecule has 0 amide bonds. The SMILES string of the molecule is Fc1ccc(Cl)cc1CNc1cccc(-c2nccs2)c1. The number of rotatable bonds is 4. The molecule has 2 aromatic carbocycles. The number of anilines is 1. The van der Waals surface area contributed by atoms with Gasteiger partial charge in [0.2, 0.25) is 0 Å². The Bertz CT molecular complexity index is 744. The summed E-state index contributed by atoms with van der Waals surface area (Å²) in [5.41, 5.74) is 2.51. The molecule has 0 saturated heterocycles. The van der Waals surface area contributed by atoms with E-state index in [0.717, 1.165) is 16.3 Å². The topological polar surface area (TPSA) is 24.9 Å². The van der Waals surface area contributed by atoms with Crippen molar-refractivity contribution in [3.05, 3.63) is 70.4 Å². The van der Waals surface area contributed by atoms with Crippen LogP contribution in [0.4, 0.5) is 10.1 Å². The van der Waals surface area contributed by atoms with Crippen molar-refractivity contribution < 1.29 is 4.39 Å². The molecule has 3 rings (SSSR count). The van der Waals surface area contributed by atoms with Crippen LogP contribution < -0.4 is 5.32 Å². The van der Waals surface area contributed by atoms with Crippen LogP contribution >= 0.6 is 22.9 Å². The maximum atomic E-state index is 13.7. The Morgan fingerprint density at radius 2 is 2.10 bits per heavy atom. The molecule has 0 atom stereocenters. The highest BCUT2D eigenvalue weighted by Gasteiger charge is 2.04. The second kappa shape index (κ2) is 6.24. The second-order valence-electron chi connectivity index (χ2n) is 4.51. The summed E-state index contributed by atoms with van der Waals surface area (Å²) in [6.45, 7) is 0.383. The van der Waals surface area contributed by atoms with E-state index in [-0.39, 0.29) is 5.82 Å². The minimum absolute atomic E-state index is 0.261. The molecule has 1 heterocycles. The molecular formula is C16H12ClFN2S. The van der Waals surface area contributed by atoms with Crippen molar-refractivity contribution in [1.29, 1.82) is 0 Å². The molecule has 0 saturated carbocycles. The lowest BCUT2D eigenvalue weighted by Crippen LogP contribution is -2.01. The third-order valence-electron chi connectivity index (χ3n) is 3.03. The lowest BCUT2D eigenvalue weighted by molar-refractivity contribution is 0.613. The fraction of sp³-hybridized carbons (Fsp3) is 0.0625. The van der Waals surface area contributed by atoms with Crippen LogP contribution in [0.5, 0.6) is 0 Å². The van der Waals surface area contributed by atoms with Gasteiger partial charge in [0.05, 0.1) is 0 Å². The predicted octanol–water partition coefficient (Wildman–Crippen LogP) is 5.21. The van der Waals surface area contributed by atoms with E-state index in [1.54, 1.807) is 29.7 Å². The van der Waals surface area contributed by atoms with E-state index >= 15 is 0 Å². The average molecular weight is 319 g/mol.